The van der Waals surface area contributed by atoms with Gasteiger partial charge in [-0.25, -0.2) is 14.8 Å². The van der Waals surface area contributed by atoms with E-state index in [0.29, 0.717) is 12.4 Å². The third-order valence-electron chi connectivity index (χ3n) is 3.15. The molecular weight excluding hydrogens is 280 g/mol. The summed E-state index contributed by atoms with van der Waals surface area (Å²) in [5.74, 6) is -0.704. The Morgan fingerprint density at radius 3 is 2.36 bits per heavy atom. The van der Waals surface area contributed by atoms with Gasteiger partial charge in [-0.1, -0.05) is 24.3 Å². The van der Waals surface area contributed by atoms with Crippen LogP contribution >= 0.6 is 0 Å². The van der Waals surface area contributed by atoms with Crippen LogP contribution in [0.1, 0.15) is 21.6 Å². The van der Waals surface area contributed by atoms with E-state index in [1.807, 2.05) is 33.3 Å². The van der Waals surface area contributed by atoms with E-state index < -0.39 is 5.97 Å². The summed E-state index contributed by atoms with van der Waals surface area (Å²) in [6.45, 7) is 1.43. The van der Waals surface area contributed by atoms with Crippen LogP contribution in [-0.2, 0) is 13.1 Å². The number of aromatic carboxylic acids is 1. The van der Waals surface area contributed by atoms with Crippen molar-refractivity contribution < 1.29 is 9.90 Å². The third kappa shape index (κ3) is 4.02. The second-order valence-corrected chi connectivity index (χ2v) is 5.45. The van der Waals surface area contributed by atoms with Crippen molar-refractivity contribution >= 4 is 11.8 Å². The minimum atomic E-state index is -1.07. The van der Waals surface area contributed by atoms with Gasteiger partial charge in [0, 0.05) is 32.5 Å². The van der Waals surface area contributed by atoms with Gasteiger partial charge in [0.05, 0.1) is 0 Å². The lowest BCUT2D eigenvalue weighted by Gasteiger charge is -2.20. The summed E-state index contributed by atoms with van der Waals surface area (Å²) >= 11 is 0. The molecule has 0 aliphatic heterocycles. The molecule has 0 bridgehead atoms. The summed E-state index contributed by atoms with van der Waals surface area (Å²) in [5, 5.41) is 9.19. The molecule has 0 amide bonds. The standard InChI is InChI=1S/C16H20N4O2/c1-19(2)10-12-5-4-6-13(9-12)11-20(3)15-14(16(21)22)17-7-8-18-15/h4-9H,10-11H2,1-3H3,(H,21,22). The van der Waals surface area contributed by atoms with E-state index in [2.05, 4.69) is 27.0 Å². The summed E-state index contributed by atoms with van der Waals surface area (Å²) in [7, 11) is 5.87. The molecule has 6 nitrogen and oxygen atoms in total. The van der Waals surface area contributed by atoms with Gasteiger partial charge in [-0.15, -0.1) is 0 Å². The molecule has 0 aliphatic rings. The van der Waals surface area contributed by atoms with Crippen LogP contribution in [0.4, 0.5) is 5.82 Å². The molecule has 6 heteroatoms. The number of nitrogens with zero attached hydrogens (tertiary/aromatic N) is 4. The number of hydrogen-bond acceptors (Lipinski definition) is 5. The van der Waals surface area contributed by atoms with Crippen molar-refractivity contribution in [3.63, 3.8) is 0 Å². The summed E-state index contributed by atoms with van der Waals surface area (Å²) in [4.78, 5) is 23.2. The molecule has 22 heavy (non-hydrogen) atoms. The Hall–Kier alpha value is -2.47. The van der Waals surface area contributed by atoms with E-state index in [-0.39, 0.29) is 5.69 Å². The molecule has 2 rings (SSSR count). The van der Waals surface area contributed by atoms with E-state index >= 15 is 0 Å². The number of hydrogen-bond donors (Lipinski definition) is 1. The van der Waals surface area contributed by atoms with E-state index in [4.69, 9.17) is 0 Å². The van der Waals surface area contributed by atoms with Crippen LogP contribution in [0.5, 0.6) is 0 Å². The first-order chi connectivity index (χ1) is 10.5. The second-order valence-electron chi connectivity index (χ2n) is 5.45. The van der Waals surface area contributed by atoms with E-state index in [0.717, 1.165) is 12.1 Å². The van der Waals surface area contributed by atoms with Gasteiger partial charge in [-0.2, -0.15) is 0 Å². The highest BCUT2D eigenvalue weighted by Gasteiger charge is 2.16. The zero-order valence-corrected chi connectivity index (χ0v) is 13.0. The van der Waals surface area contributed by atoms with E-state index in [9.17, 15) is 9.90 Å². The Kier molecular flexibility index (Phi) is 5.06. The third-order valence-corrected chi connectivity index (χ3v) is 3.15. The highest BCUT2D eigenvalue weighted by atomic mass is 16.4. The molecule has 0 atom stereocenters. The van der Waals surface area contributed by atoms with Gasteiger partial charge >= 0.3 is 5.97 Å². The molecule has 1 aromatic carbocycles. The predicted molar refractivity (Wildman–Crippen MR) is 84.9 cm³/mol. The molecule has 0 fully saturated rings. The molecule has 0 saturated heterocycles. The van der Waals surface area contributed by atoms with Crippen LogP contribution in [0.3, 0.4) is 0 Å². The highest BCUT2D eigenvalue weighted by Crippen LogP contribution is 2.17. The van der Waals surface area contributed by atoms with E-state index in [1.54, 1.807) is 4.90 Å². The number of benzene rings is 1. The van der Waals surface area contributed by atoms with Gasteiger partial charge in [0.2, 0.25) is 0 Å². The van der Waals surface area contributed by atoms with Crippen molar-refractivity contribution in [2.24, 2.45) is 0 Å². The molecular formula is C16H20N4O2. The average Bonchev–Trinajstić information content (AvgIpc) is 2.46. The quantitative estimate of drug-likeness (QED) is 0.878. The molecule has 1 aromatic heterocycles. The number of anilines is 1. The maximum absolute atomic E-state index is 11.2. The summed E-state index contributed by atoms with van der Waals surface area (Å²) in [6, 6.07) is 8.23. The Morgan fingerprint density at radius 2 is 1.73 bits per heavy atom. The molecule has 2 aromatic rings. The number of rotatable bonds is 6. The maximum Gasteiger partial charge on any atom is 0.358 e. The molecule has 0 radical (unpaired) electrons. The van der Waals surface area contributed by atoms with Gasteiger partial charge in [-0.05, 0) is 25.2 Å². The van der Waals surface area contributed by atoms with Gasteiger partial charge < -0.3 is 14.9 Å². The van der Waals surface area contributed by atoms with Crippen LogP contribution in [0.15, 0.2) is 36.7 Å². The Bertz CT molecular complexity index is 658. The Labute approximate surface area is 130 Å². The van der Waals surface area contributed by atoms with E-state index in [1.165, 1.54) is 18.0 Å². The Morgan fingerprint density at radius 1 is 1.09 bits per heavy atom. The number of carboxylic acid groups (broad SMARTS) is 1. The van der Waals surface area contributed by atoms with Crippen LogP contribution < -0.4 is 4.90 Å². The topological polar surface area (TPSA) is 69.6 Å². The minimum absolute atomic E-state index is 0.0329. The van der Waals surface area contributed by atoms with Gasteiger partial charge in [-0.3, -0.25) is 0 Å². The zero-order valence-electron chi connectivity index (χ0n) is 13.0. The normalized spacial score (nSPS) is 10.7. The number of carbonyl (C=O) groups is 1. The summed E-state index contributed by atoms with van der Waals surface area (Å²) in [5.41, 5.74) is 2.28. The fourth-order valence-electron chi connectivity index (χ4n) is 2.30. The van der Waals surface area contributed by atoms with Crippen LogP contribution in [0, 0.1) is 0 Å². The largest absolute Gasteiger partial charge is 0.476 e. The van der Waals surface area contributed by atoms with Crippen LogP contribution in [0.2, 0.25) is 0 Å². The van der Waals surface area contributed by atoms with Crippen LogP contribution in [0.25, 0.3) is 0 Å². The lowest BCUT2D eigenvalue weighted by Crippen LogP contribution is -2.21. The van der Waals surface area contributed by atoms with Gasteiger partial charge in [0.15, 0.2) is 11.5 Å². The summed E-state index contributed by atoms with van der Waals surface area (Å²) < 4.78 is 0. The molecule has 1 heterocycles. The van der Waals surface area contributed by atoms with Crippen molar-refractivity contribution in [2.45, 2.75) is 13.1 Å². The first-order valence-corrected chi connectivity index (χ1v) is 6.95. The number of aromatic nitrogens is 2. The molecule has 0 spiro atoms. The van der Waals surface area contributed by atoms with Crippen molar-refractivity contribution in [1.29, 1.82) is 0 Å². The van der Waals surface area contributed by atoms with Crippen molar-refractivity contribution in [3.05, 3.63) is 53.5 Å². The first-order valence-electron chi connectivity index (χ1n) is 6.95. The maximum atomic E-state index is 11.2. The minimum Gasteiger partial charge on any atom is -0.476 e. The molecule has 116 valence electrons. The lowest BCUT2D eigenvalue weighted by molar-refractivity contribution is 0.0690. The fourth-order valence-corrected chi connectivity index (χ4v) is 2.30. The Balaban J connectivity index is 2.19. The lowest BCUT2D eigenvalue weighted by atomic mass is 10.1. The predicted octanol–water partition coefficient (Wildman–Crippen LogP) is 1.87. The molecule has 0 aliphatic carbocycles. The van der Waals surface area contributed by atoms with Gasteiger partial charge in [0.1, 0.15) is 0 Å². The van der Waals surface area contributed by atoms with Crippen molar-refractivity contribution in [2.75, 3.05) is 26.0 Å². The van der Waals surface area contributed by atoms with Crippen LogP contribution in [-0.4, -0.2) is 47.1 Å². The molecule has 0 saturated carbocycles. The SMILES string of the molecule is CN(C)Cc1cccc(CN(C)c2nccnc2C(=O)O)c1. The summed E-state index contributed by atoms with van der Waals surface area (Å²) in [6.07, 6.45) is 2.89. The highest BCUT2D eigenvalue weighted by molar-refractivity contribution is 5.90. The smallest absolute Gasteiger partial charge is 0.358 e. The van der Waals surface area contributed by atoms with Crippen molar-refractivity contribution in [3.8, 4) is 0 Å². The molecule has 1 N–H and O–H groups in total. The number of carboxylic acids is 1. The molecule has 0 unspecified atom stereocenters. The van der Waals surface area contributed by atoms with Gasteiger partial charge in [0.25, 0.3) is 0 Å². The average molecular weight is 300 g/mol. The van der Waals surface area contributed by atoms with Crippen molar-refractivity contribution in [1.82, 2.24) is 14.9 Å². The first kappa shape index (κ1) is 15.9. The zero-order chi connectivity index (χ0) is 16.1. The monoisotopic (exact) mass is 300 g/mol. The second kappa shape index (κ2) is 7.00. The fraction of sp³-hybridized carbons (Fsp3) is 0.312.